The Morgan fingerprint density at radius 1 is 1.25 bits per heavy atom. The Morgan fingerprint density at radius 2 is 2.00 bits per heavy atom. The average molecular weight is 282 g/mol. The molecular weight excluding hydrogens is 256 g/mol. The first-order chi connectivity index (χ1) is 9.56. The highest BCUT2D eigenvalue weighted by atomic mass is 16.2. The molecule has 1 aliphatic rings. The van der Waals surface area contributed by atoms with Crippen molar-refractivity contribution in [2.45, 2.75) is 58.8 Å². The van der Waals surface area contributed by atoms with Crippen molar-refractivity contribution in [1.82, 2.24) is 10.2 Å². The zero-order valence-electron chi connectivity index (χ0n) is 12.6. The van der Waals surface area contributed by atoms with E-state index in [0.29, 0.717) is 32.2 Å². The minimum absolute atomic E-state index is 0.0635. The van der Waals surface area contributed by atoms with Crippen molar-refractivity contribution in [3.8, 4) is 0 Å². The number of carbonyl (C=O) groups is 3. The highest BCUT2D eigenvalue weighted by Gasteiger charge is 2.34. The van der Waals surface area contributed by atoms with Gasteiger partial charge in [-0.05, 0) is 19.3 Å². The molecule has 3 amide bonds. The molecule has 0 saturated carbocycles. The first-order valence-corrected chi connectivity index (χ1v) is 7.67. The first-order valence-electron chi connectivity index (χ1n) is 7.67. The SMILES string of the molecule is CCCCCNC(=O)CCCCN1C(=O)CC(C)C1=O. The second-order valence-electron chi connectivity index (χ2n) is 5.50. The van der Waals surface area contributed by atoms with Crippen LogP contribution in [0.1, 0.15) is 58.8 Å². The van der Waals surface area contributed by atoms with Gasteiger partial charge < -0.3 is 5.32 Å². The van der Waals surface area contributed by atoms with Gasteiger partial charge in [-0.15, -0.1) is 0 Å². The van der Waals surface area contributed by atoms with Gasteiger partial charge in [-0.25, -0.2) is 0 Å². The molecule has 1 saturated heterocycles. The average Bonchev–Trinajstić information content (AvgIpc) is 2.65. The van der Waals surface area contributed by atoms with E-state index in [9.17, 15) is 14.4 Å². The van der Waals surface area contributed by atoms with Crippen LogP contribution < -0.4 is 5.32 Å². The number of hydrogen-bond donors (Lipinski definition) is 1. The van der Waals surface area contributed by atoms with Gasteiger partial charge in [0.05, 0.1) is 0 Å². The third kappa shape index (κ3) is 5.31. The predicted molar refractivity (Wildman–Crippen MR) is 76.9 cm³/mol. The van der Waals surface area contributed by atoms with Crippen molar-refractivity contribution >= 4 is 17.7 Å². The van der Waals surface area contributed by atoms with Crippen LogP contribution in [0.25, 0.3) is 0 Å². The first kappa shape index (κ1) is 16.7. The quantitative estimate of drug-likeness (QED) is 0.518. The Bertz CT molecular complexity index is 355. The molecule has 5 nitrogen and oxygen atoms in total. The van der Waals surface area contributed by atoms with E-state index < -0.39 is 0 Å². The Hall–Kier alpha value is -1.39. The van der Waals surface area contributed by atoms with Crippen molar-refractivity contribution in [3.05, 3.63) is 0 Å². The zero-order valence-corrected chi connectivity index (χ0v) is 12.6. The lowest BCUT2D eigenvalue weighted by Gasteiger charge is -2.13. The normalized spacial score (nSPS) is 18.7. The number of nitrogens with zero attached hydrogens (tertiary/aromatic N) is 1. The number of nitrogens with one attached hydrogen (secondary N) is 1. The molecule has 20 heavy (non-hydrogen) atoms. The lowest BCUT2D eigenvalue weighted by atomic mass is 10.1. The molecule has 114 valence electrons. The van der Waals surface area contributed by atoms with Gasteiger partial charge in [0.15, 0.2) is 0 Å². The second-order valence-corrected chi connectivity index (χ2v) is 5.50. The molecule has 1 rings (SSSR count). The lowest BCUT2D eigenvalue weighted by molar-refractivity contribution is -0.139. The van der Waals surface area contributed by atoms with Crippen LogP contribution in [0.15, 0.2) is 0 Å². The van der Waals surface area contributed by atoms with E-state index in [4.69, 9.17) is 0 Å². The van der Waals surface area contributed by atoms with E-state index in [1.165, 1.54) is 4.90 Å². The summed E-state index contributed by atoms with van der Waals surface area (Å²) in [5, 5.41) is 2.88. The summed E-state index contributed by atoms with van der Waals surface area (Å²) < 4.78 is 0. The fourth-order valence-corrected chi connectivity index (χ4v) is 2.33. The van der Waals surface area contributed by atoms with E-state index in [-0.39, 0.29) is 23.6 Å². The number of rotatable bonds is 9. The van der Waals surface area contributed by atoms with Gasteiger partial charge >= 0.3 is 0 Å². The van der Waals surface area contributed by atoms with E-state index in [2.05, 4.69) is 12.2 Å². The number of hydrogen-bond acceptors (Lipinski definition) is 3. The van der Waals surface area contributed by atoms with Crippen LogP contribution in [0.3, 0.4) is 0 Å². The third-order valence-corrected chi connectivity index (χ3v) is 3.61. The molecule has 1 heterocycles. The van der Waals surface area contributed by atoms with E-state index in [1.807, 2.05) is 0 Å². The van der Waals surface area contributed by atoms with Gasteiger partial charge in [-0.2, -0.15) is 0 Å². The molecule has 5 heteroatoms. The number of unbranched alkanes of at least 4 members (excludes halogenated alkanes) is 3. The van der Waals surface area contributed by atoms with Crippen molar-refractivity contribution in [1.29, 1.82) is 0 Å². The molecule has 0 aromatic rings. The summed E-state index contributed by atoms with van der Waals surface area (Å²) in [6.45, 7) is 5.10. The van der Waals surface area contributed by atoms with E-state index in [1.54, 1.807) is 6.92 Å². The van der Waals surface area contributed by atoms with Crippen molar-refractivity contribution < 1.29 is 14.4 Å². The Kier molecular flexibility index (Phi) is 7.26. The smallest absolute Gasteiger partial charge is 0.232 e. The van der Waals surface area contributed by atoms with Crippen molar-refractivity contribution in [2.75, 3.05) is 13.1 Å². The number of carbonyl (C=O) groups excluding carboxylic acids is 3. The number of amides is 3. The zero-order chi connectivity index (χ0) is 15.0. The van der Waals surface area contributed by atoms with Crippen molar-refractivity contribution in [3.63, 3.8) is 0 Å². The predicted octanol–water partition coefficient (Wildman–Crippen LogP) is 1.86. The highest BCUT2D eigenvalue weighted by Crippen LogP contribution is 2.19. The summed E-state index contributed by atoms with van der Waals surface area (Å²) in [4.78, 5) is 36.1. The summed E-state index contributed by atoms with van der Waals surface area (Å²) in [5.74, 6) is -0.261. The summed E-state index contributed by atoms with van der Waals surface area (Å²) >= 11 is 0. The standard InChI is InChI=1S/C15H26N2O3/c1-3-4-6-9-16-13(18)8-5-7-10-17-14(19)11-12(2)15(17)20/h12H,3-11H2,1-2H3,(H,16,18). The van der Waals surface area contributed by atoms with Crippen LogP contribution in [0, 0.1) is 5.92 Å². The minimum atomic E-state index is -0.177. The van der Waals surface area contributed by atoms with Gasteiger partial charge in [0.25, 0.3) is 0 Å². The largest absolute Gasteiger partial charge is 0.356 e. The summed E-state index contributed by atoms with van der Waals surface area (Å²) in [6.07, 6.45) is 5.52. The molecule has 1 fully saturated rings. The van der Waals surface area contributed by atoms with Gasteiger partial charge in [0.2, 0.25) is 17.7 Å². The number of imide groups is 1. The van der Waals surface area contributed by atoms with Crippen LogP contribution in [0.4, 0.5) is 0 Å². The summed E-state index contributed by atoms with van der Waals surface area (Å²) in [7, 11) is 0. The van der Waals surface area contributed by atoms with E-state index >= 15 is 0 Å². The van der Waals surface area contributed by atoms with Crippen LogP contribution in [0.2, 0.25) is 0 Å². The van der Waals surface area contributed by atoms with Crippen LogP contribution >= 0.6 is 0 Å². The topological polar surface area (TPSA) is 66.5 Å². The monoisotopic (exact) mass is 282 g/mol. The van der Waals surface area contributed by atoms with Crippen LogP contribution in [-0.2, 0) is 14.4 Å². The molecule has 0 aromatic carbocycles. The Labute approximate surface area is 121 Å². The Balaban J connectivity index is 2.08. The molecule has 0 radical (unpaired) electrons. The van der Waals surface area contributed by atoms with Crippen molar-refractivity contribution in [2.24, 2.45) is 5.92 Å². The minimum Gasteiger partial charge on any atom is -0.356 e. The highest BCUT2D eigenvalue weighted by molar-refractivity contribution is 6.03. The molecule has 0 spiro atoms. The molecule has 0 aliphatic carbocycles. The molecule has 1 atom stereocenters. The number of likely N-dealkylation sites (tertiary alicyclic amines) is 1. The maximum atomic E-state index is 11.7. The fraction of sp³-hybridized carbons (Fsp3) is 0.800. The molecule has 0 bridgehead atoms. The van der Waals surface area contributed by atoms with Crippen LogP contribution in [0.5, 0.6) is 0 Å². The fourth-order valence-electron chi connectivity index (χ4n) is 2.33. The summed E-state index contributed by atoms with van der Waals surface area (Å²) in [6, 6.07) is 0. The maximum absolute atomic E-state index is 11.7. The molecule has 1 unspecified atom stereocenters. The third-order valence-electron chi connectivity index (χ3n) is 3.61. The molecule has 0 aromatic heterocycles. The maximum Gasteiger partial charge on any atom is 0.232 e. The van der Waals surface area contributed by atoms with Gasteiger partial charge in [0.1, 0.15) is 0 Å². The van der Waals surface area contributed by atoms with Gasteiger partial charge in [0, 0.05) is 31.8 Å². The van der Waals surface area contributed by atoms with Gasteiger partial charge in [-0.1, -0.05) is 26.7 Å². The Morgan fingerprint density at radius 3 is 2.60 bits per heavy atom. The second kappa shape index (κ2) is 8.72. The van der Waals surface area contributed by atoms with Crippen LogP contribution in [-0.4, -0.2) is 35.7 Å². The lowest BCUT2D eigenvalue weighted by Crippen LogP contribution is -2.31. The summed E-state index contributed by atoms with van der Waals surface area (Å²) in [5.41, 5.74) is 0. The molecule has 1 aliphatic heterocycles. The molecular formula is C15H26N2O3. The molecule has 1 N–H and O–H groups in total. The van der Waals surface area contributed by atoms with Gasteiger partial charge in [-0.3, -0.25) is 19.3 Å². The van der Waals surface area contributed by atoms with E-state index in [0.717, 1.165) is 25.8 Å².